The fourth-order valence-corrected chi connectivity index (χ4v) is 4.88. The number of nitrogens with two attached hydrogens (primary N) is 1. The number of hydrogen-bond donors (Lipinski definition) is 1. The van der Waals surface area contributed by atoms with Crippen LogP contribution < -0.4 is 5.73 Å². The van der Waals surface area contributed by atoms with E-state index in [1.54, 1.807) is 0 Å². The second-order valence-corrected chi connectivity index (χ2v) is 11.5. The van der Waals surface area contributed by atoms with Crippen molar-refractivity contribution in [3.63, 3.8) is 0 Å². The topological polar surface area (TPSA) is 98.7 Å². The van der Waals surface area contributed by atoms with Gasteiger partial charge in [-0.2, -0.15) is 0 Å². The van der Waals surface area contributed by atoms with E-state index >= 15 is 0 Å². The summed E-state index contributed by atoms with van der Waals surface area (Å²) in [7, 11) is -1.37. The predicted molar refractivity (Wildman–Crippen MR) is 151 cm³/mol. The Morgan fingerprint density at radius 2 is 1.17 bits per heavy atom. The second kappa shape index (κ2) is 24.6. The van der Waals surface area contributed by atoms with Crippen molar-refractivity contribution in [3.8, 4) is 0 Å². The molecular weight excluding hydrogens is 474 g/mol. The smallest absolute Gasteiger partial charge is 0.246 e. The van der Waals surface area contributed by atoms with Gasteiger partial charge in [0.05, 0.1) is 20.7 Å². The molecule has 1 rings (SSSR count). The third-order valence-electron chi connectivity index (χ3n) is 7.12. The molecule has 0 aliphatic carbocycles. The summed E-state index contributed by atoms with van der Waals surface area (Å²) in [6.07, 6.45) is 28.8. The molecule has 0 aromatic carbocycles. The maximum atomic E-state index is 9.22. The molecule has 0 saturated carbocycles. The molecule has 1 aliphatic heterocycles. The first-order valence-electron chi connectivity index (χ1n) is 14.9. The lowest BCUT2D eigenvalue weighted by atomic mass is 10.0. The molecule has 2 N–H and O–H groups in total. The summed E-state index contributed by atoms with van der Waals surface area (Å²) in [5, 5.41) is 0. The summed E-state index contributed by atoms with van der Waals surface area (Å²) in [4.78, 5) is 2.49. The standard InChI is InChI=1S/C27H56N3.CH4O4S/c1-3-4-5-6-7-8-9-10-11-12-13-14-15-16-17-18-19-20-21-22-27-29(2)25-26-30(27)24-23-28;1-5-6(2,3)4/h3-26,28H2,1-2H3;1H3,(H,2,3,4)/q+1;/p-1. The van der Waals surface area contributed by atoms with Crippen molar-refractivity contribution >= 4 is 16.2 Å². The molecule has 0 fully saturated rings. The van der Waals surface area contributed by atoms with Crippen molar-refractivity contribution in [1.82, 2.24) is 4.90 Å². The summed E-state index contributed by atoms with van der Waals surface area (Å²) in [5.41, 5.74) is 5.75. The minimum Gasteiger partial charge on any atom is -0.726 e. The molecule has 0 bridgehead atoms. The molecule has 7 nitrogen and oxygen atoms in total. The molecule has 0 unspecified atom stereocenters. The molecule has 8 heteroatoms. The quantitative estimate of drug-likeness (QED) is 0.0725. The average Bonchev–Trinajstić information content (AvgIpc) is 3.19. The molecule has 0 atom stereocenters. The number of hydrogen-bond acceptors (Lipinski definition) is 6. The molecule has 1 aliphatic rings. The van der Waals surface area contributed by atoms with E-state index in [1.807, 2.05) is 0 Å². The maximum absolute atomic E-state index is 9.22. The highest BCUT2D eigenvalue weighted by Gasteiger charge is 2.26. The number of rotatable bonds is 23. The van der Waals surface area contributed by atoms with Crippen molar-refractivity contribution in [2.24, 2.45) is 5.73 Å². The first kappa shape index (κ1) is 35.3. The van der Waals surface area contributed by atoms with Crippen molar-refractivity contribution < 1.29 is 21.7 Å². The van der Waals surface area contributed by atoms with Crippen molar-refractivity contribution in [2.45, 2.75) is 135 Å². The molecule has 36 heavy (non-hydrogen) atoms. The van der Waals surface area contributed by atoms with Gasteiger partial charge in [-0.15, -0.1) is 0 Å². The Bertz CT molecular complexity index is 626. The van der Waals surface area contributed by atoms with Crippen LogP contribution in [0.4, 0.5) is 0 Å². The van der Waals surface area contributed by atoms with Gasteiger partial charge in [-0.05, 0) is 6.42 Å². The van der Waals surface area contributed by atoms with Gasteiger partial charge in [0.25, 0.3) is 0 Å². The van der Waals surface area contributed by atoms with Crippen molar-refractivity contribution in [3.05, 3.63) is 0 Å². The van der Waals surface area contributed by atoms with Crippen LogP contribution in [0.15, 0.2) is 0 Å². The van der Waals surface area contributed by atoms with Crippen LogP contribution in [0.2, 0.25) is 0 Å². The van der Waals surface area contributed by atoms with E-state index in [9.17, 15) is 13.0 Å². The van der Waals surface area contributed by atoms with Crippen LogP contribution in [0.5, 0.6) is 0 Å². The molecule has 0 amide bonds. The zero-order valence-electron chi connectivity index (χ0n) is 24.0. The van der Waals surface area contributed by atoms with E-state index in [-0.39, 0.29) is 0 Å². The Hall–Kier alpha value is -0.700. The third kappa shape index (κ3) is 22.5. The minimum absolute atomic E-state index is 0.774. The maximum Gasteiger partial charge on any atom is 0.246 e. The van der Waals surface area contributed by atoms with E-state index in [1.165, 1.54) is 147 Å². The zero-order chi connectivity index (χ0) is 26.9. The fourth-order valence-electron chi connectivity index (χ4n) is 4.88. The van der Waals surface area contributed by atoms with Gasteiger partial charge in [-0.25, -0.2) is 8.42 Å². The summed E-state index contributed by atoms with van der Waals surface area (Å²) >= 11 is 0. The van der Waals surface area contributed by atoms with Gasteiger partial charge in [-0.3, -0.25) is 13.7 Å². The highest BCUT2D eigenvalue weighted by molar-refractivity contribution is 7.80. The Balaban J connectivity index is 0.00000181. The van der Waals surface area contributed by atoms with Crippen LogP contribution in [0.25, 0.3) is 0 Å². The van der Waals surface area contributed by atoms with Crippen LogP contribution in [0, 0.1) is 0 Å². The van der Waals surface area contributed by atoms with E-state index in [0.29, 0.717) is 0 Å². The molecule has 216 valence electrons. The fraction of sp³-hybridized carbons (Fsp3) is 0.964. The van der Waals surface area contributed by atoms with Crippen LogP contribution in [0.1, 0.15) is 135 Å². The van der Waals surface area contributed by atoms with Crippen LogP contribution in [-0.4, -0.2) is 68.6 Å². The Morgan fingerprint density at radius 3 is 1.50 bits per heavy atom. The molecule has 0 spiro atoms. The second-order valence-electron chi connectivity index (χ2n) is 10.3. The monoisotopic (exact) mass is 533 g/mol. The van der Waals surface area contributed by atoms with Gasteiger partial charge in [0, 0.05) is 13.0 Å². The summed E-state index contributed by atoms with van der Waals surface area (Å²) < 4.78 is 33.5. The molecule has 0 radical (unpaired) electrons. The normalized spacial score (nSPS) is 13.9. The van der Waals surface area contributed by atoms with Gasteiger partial charge < -0.3 is 10.3 Å². The van der Waals surface area contributed by atoms with E-state index in [2.05, 4.69) is 27.6 Å². The van der Waals surface area contributed by atoms with Gasteiger partial charge in [0.2, 0.25) is 16.2 Å². The molecule has 1 heterocycles. The van der Waals surface area contributed by atoms with Crippen LogP contribution >= 0.6 is 0 Å². The molecule has 0 aromatic heterocycles. The van der Waals surface area contributed by atoms with E-state index in [0.717, 1.165) is 20.2 Å². The van der Waals surface area contributed by atoms with Crippen molar-refractivity contribution in [1.29, 1.82) is 0 Å². The van der Waals surface area contributed by atoms with Crippen molar-refractivity contribution in [2.75, 3.05) is 40.3 Å². The first-order chi connectivity index (χ1) is 17.4. The average molecular weight is 534 g/mol. The Kier molecular flexibility index (Phi) is 24.1. The third-order valence-corrected chi connectivity index (χ3v) is 7.53. The Morgan fingerprint density at radius 1 is 0.806 bits per heavy atom. The van der Waals surface area contributed by atoms with Gasteiger partial charge in [0.15, 0.2) is 0 Å². The summed E-state index contributed by atoms with van der Waals surface area (Å²) in [6.45, 7) is 6.45. The lowest BCUT2D eigenvalue weighted by molar-refractivity contribution is -0.487. The van der Waals surface area contributed by atoms with Gasteiger partial charge in [0.1, 0.15) is 13.1 Å². The summed E-state index contributed by atoms with van der Waals surface area (Å²) in [6, 6.07) is 0. The SMILES string of the molecule is CCCCCCCCCCCCCCCCCCCCCC1=[N+](C)CCN1CCN.COS(=O)(=O)[O-]. The minimum atomic E-state index is -4.41. The number of amidine groups is 1. The van der Waals surface area contributed by atoms with Crippen LogP contribution in [0.3, 0.4) is 0 Å². The molecular formula is C28H59N3O4S. The highest BCUT2D eigenvalue weighted by atomic mass is 32.3. The first-order valence-corrected chi connectivity index (χ1v) is 16.2. The largest absolute Gasteiger partial charge is 0.726 e. The van der Waals surface area contributed by atoms with E-state index < -0.39 is 10.4 Å². The lowest BCUT2D eigenvalue weighted by Gasteiger charge is -2.12. The molecule has 0 saturated heterocycles. The number of likely N-dealkylation sites (N-methyl/N-ethyl adjacent to an activating group) is 1. The zero-order valence-corrected chi connectivity index (χ0v) is 24.8. The molecule has 0 aromatic rings. The van der Waals surface area contributed by atoms with Gasteiger partial charge in [-0.1, -0.05) is 122 Å². The van der Waals surface area contributed by atoms with Crippen LogP contribution in [-0.2, 0) is 14.6 Å². The predicted octanol–water partition coefficient (Wildman–Crippen LogP) is 6.22. The van der Waals surface area contributed by atoms with Gasteiger partial charge >= 0.3 is 0 Å². The summed E-state index contributed by atoms with van der Waals surface area (Å²) in [5.74, 6) is 1.53. The number of unbranched alkanes of at least 4 members (excludes halogenated alkanes) is 18. The lowest BCUT2D eigenvalue weighted by Crippen LogP contribution is -2.33. The number of nitrogens with zero attached hydrogens (tertiary/aromatic N) is 2. The Labute approximate surface area is 224 Å². The highest BCUT2D eigenvalue weighted by Crippen LogP contribution is 2.15. The van der Waals surface area contributed by atoms with E-state index in [4.69, 9.17) is 5.73 Å².